The standard InChI is InChI=1S/C13H17N3O3/c14-16-15-12(9-13(17)18)7-4-8-19-10-11-5-2-1-3-6-11/h1-3,5-6,12,14H,4,7-10H2. The van der Waals surface area contributed by atoms with Gasteiger partial charge < -0.3 is 14.6 Å². The Bertz CT molecular complexity index is 430. The number of carbonyl (C=O) groups is 1. The molecule has 6 heteroatoms. The minimum atomic E-state index is -1.18. The minimum absolute atomic E-state index is 0.207. The largest absolute Gasteiger partial charge is 0.550 e. The Morgan fingerprint density at radius 2 is 2.16 bits per heavy atom. The second-order valence-corrected chi connectivity index (χ2v) is 4.13. The molecule has 1 aromatic carbocycles. The zero-order chi connectivity index (χ0) is 13.9. The van der Waals surface area contributed by atoms with E-state index in [1.165, 1.54) is 0 Å². The molecule has 0 aliphatic carbocycles. The molecule has 1 N–H and O–H groups in total. The van der Waals surface area contributed by atoms with Crippen LogP contribution in [0.2, 0.25) is 0 Å². The van der Waals surface area contributed by atoms with Gasteiger partial charge in [0.15, 0.2) is 0 Å². The molecule has 0 spiro atoms. The maximum absolute atomic E-state index is 10.5. The summed E-state index contributed by atoms with van der Waals surface area (Å²) in [7, 11) is 0. The number of nitrogens with zero attached hydrogens (tertiary/aromatic N) is 2. The van der Waals surface area contributed by atoms with Gasteiger partial charge in [-0.15, -0.1) is 0 Å². The molecule has 1 atom stereocenters. The first-order valence-corrected chi connectivity index (χ1v) is 6.10. The third kappa shape index (κ3) is 7.08. The Hall–Kier alpha value is -2.04. The van der Waals surface area contributed by atoms with E-state index in [1.807, 2.05) is 30.3 Å². The molecular weight excluding hydrogens is 246 g/mol. The zero-order valence-electron chi connectivity index (χ0n) is 10.6. The summed E-state index contributed by atoms with van der Waals surface area (Å²) in [4.78, 5) is 13.3. The number of aliphatic carboxylic acids is 1. The van der Waals surface area contributed by atoms with Gasteiger partial charge in [0.2, 0.25) is 4.91 Å². The van der Waals surface area contributed by atoms with Crippen molar-refractivity contribution in [2.24, 2.45) is 5.11 Å². The van der Waals surface area contributed by atoms with Crippen molar-refractivity contribution in [3.8, 4) is 0 Å². The van der Waals surface area contributed by atoms with Crippen LogP contribution in [0.3, 0.4) is 0 Å². The van der Waals surface area contributed by atoms with Crippen LogP contribution in [-0.4, -0.2) is 18.6 Å². The Morgan fingerprint density at radius 1 is 1.42 bits per heavy atom. The third-order valence-electron chi connectivity index (χ3n) is 2.56. The number of hydrogen-bond donors (Lipinski definition) is 1. The van der Waals surface area contributed by atoms with Crippen LogP contribution < -0.4 is 10.0 Å². The van der Waals surface area contributed by atoms with Crippen LogP contribution in [0.1, 0.15) is 24.8 Å². The van der Waals surface area contributed by atoms with Crippen molar-refractivity contribution >= 4 is 5.97 Å². The molecule has 1 aromatic rings. The molecule has 6 nitrogen and oxygen atoms in total. The average Bonchev–Trinajstić information content (AvgIpc) is 2.39. The first-order chi connectivity index (χ1) is 9.22. The molecule has 0 aliphatic rings. The van der Waals surface area contributed by atoms with Gasteiger partial charge >= 0.3 is 0 Å². The van der Waals surface area contributed by atoms with Gasteiger partial charge in [0.25, 0.3) is 0 Å². The summed E-state index contributed by atoms with van der Waals surface area (Å²) in [6.07, 6.45) is 0.982. The Kier molecular flexibility index (Phi) is 7.09. The summed E-state index contributed by atoms with van der Waals surface area (Å²) in [6, 6.07) is 9.30. The van der Waals surface area contributed by atoms with Crippen LogP contribution in [0, 0.1) is 5.53 Å². The van der Waals surface area contributed by atoms with E-state index in [0.29, 0.717) is 26.1 Å². The van der Waals surface area contributed by atoms with E-state index in [-0.39, 0.29) is 6.42 Å². The fraction of sp³-hybridized carbons (Fsp3) is 0.462. The predicted octanol–water partition coefficient (Wildman–Crippen LogP) is 1.04. The van der Waals surface area contributed by atoms with E-state index in [0.717, 1.165) is 5.56 Å². The molecule has 0 radical (unpaired) electrons. The van der Waals surface area contributed by atoms with Crippen molar-refractivity contribution < 1.29 is 14.6 Å². The highest BCUT2D eigenvalue weighted by atomic mass is 16.5. The van der Waals surface area contributed by atoms with Gasteiger partial charge in [0.1, 0.15) is 16.7 Å². The normalized spacial score (nSPS) is 11.6. The lowest BCUT2D eigenvalue weighted by molar-refractivity contribution is -0.306. The maximum Gasteiger partial charge on any atom is 0.214 e. The number of carboxylic acids is 1. The van der Waals surface area contributed by atoms with Crippen molar-refractivity contribution in [3.05, 3.63) is 35.9 Å². The molecule has 0 saturated heterocycles. The summed E-state index contributed by atoms with van der Waals surface area (Å²) in [5.74, 6) is -1.18. The number of hydrogen-bond acceptors (Lipinski definition) is 5. The van der Waals surface area contributed by atoms with Gasteiger partial charge in [0, 0.05) is 19.0 Å². The number of rotatable bonds is 9. The number of nitrogens with one attached hydrogen (secondary N) is 1. The molecule has 0 amide bonds. The van der Waals surface area contributed by atoms with E-state index >= 15 is 0 Å². The number of carbonyl (C=O) groups excluding carboxylic acids is 1. The number of benzene rings is 1. The monoisotopic (exact) mass is 263 g/mol. The Balaban J connectivity index is 2.18. The SMILES string of the molecule is N=[N+]=NC(CCCOCc1ccccc1)CC(=O)[O-]. The smallest absolute Gasteiger partial charge is 0.214 e. The Morgan fingerprint density at radius 3 is 2.79 bits per heavy atom. The number of ether oxygens (including phenoxy) is 1. The van der Waals surface area contributed by atoms with E-state index in [4.69, 9.17) is 10.3 Å². The molecule has 1 rings (SSSR count). The lowest BCUT2D eigenvalue weighted by atomic mass is 10.1. The second kappa shape index (κ2) is 8.97. The molecule has 0 saturated carbocycles. The van der Waals surface area contributed by atoms with Crippen LogP contribution in [0.5, 0.6) is 0 Å². The van der Waals surface area contributed by atoms with Crippen LogP contribution in [0.15, 0.2) is 35.4 Å². The van der Waals surface area contributed by atoms with E-state index in [2.05, 4.69) is 10.0 Å². The van der Waals surface area contributed by atoms with Gasteiger partial charge in [-0.1, -0.05) is 30.3 Å². The average molecular weight is 263 g/mol. The van der Waals surface area contributed by atoms with Crippen molar-refractivity contribution in [2.45, 2.75) is 31.9 Å². The Labute approximate surface area is 111 Å². The summed E-state index contributed by atoms with van der Waals surface area (Å²) in [5, 5.41) is 14.0. The molecule has 0 heterocycles. The van der Waals surface area contributed by atoms with Gasteiger partial charge in [-0.3, -0.25) is 0 Å². The molecule has 19 heavy (non-hydrogen) atoms. The van der Waals surface area contributed by atoms with Crippen molar-refractivity contribution in [1.29, 1.82) is 5.53 Å². The third-order valence-corrected chi connectivity index (χ3v) is 2.56. The van der Waals surface area contributed by atoms with E-state index in [1.54, 1.807) is 0 Å². The van der Waals surface area contributed by atoms with Crippen molar-refractivity contribution in [1.82, 2.24) is 4.91 Å². The van der Waals surface area contributed by atoms with Gasteiger partial charge in [-0.2, -0.15) is 0 Å². The maximum atomic E-state index is 10.5. The van der Waals surface area contributed by atoms with Crippen LogP contribution in [0.4, 0.5) is 0 Å². The summed E-state index contributed by atoms with van der Waals surface area (Å²) < 4.78 is 5.47. The first kappa shape index (κ1) is 15.0. The van der Waals surface area contributed by atoms with Crippen LogP contribution in [-0.2, 0) is 16.1 Å². The molecular formula is C13H17N3O3. The van der Waals surface area contributed by atoms with Crippen molar-refractivity contribution in [3.63, 3.8) is 0 Å². The van der Waals surface area contributed by atoms with Gasteiger partial charge in [-0.05, 0) is 18.4 Å². The topological polar surface area (TPSA) is 99.7 Å². The summed E-state index contributed by atoms with van der Waals surface area (Å²) in [6.45, 7) is 1.05. The van der Waals surface area contributed by atoms with E-state index in [9.17, 15) is 9.90 Å². The van der Waals surface area contributed by atoms with Crippen LogP contribution in [0.25, 0.3) is 0 Å². The van der Waals surface area contributed by atoms with Crippen molar-refractivity contribution in [2.75, 3.05) is 6.61 Å². The lowest BCUT2D eigenvalue weighted by Gasteiger charge is -2.07. The van der Waals surface area contributed by atoms with Gasteiger partial charge in [-0.25, -0.2) is 0 Å². The molecule has 102 valence electrons. The second-order valence-electron chi connectivity index (χ2n) is 4.13. The molecule has 0 aromatic heterocycles. The van der Waals surface area contributed by atoms with E-state index < -0.39 is 12.0 Å². The highest BCUT2D eigenvalue weighted by Gasteiger charge is 2.12. The molecule has 0 fully saturated rings. The number of carboxylic acid groups (broad SMARTS) is 1. The minimum Gasteiger partial charge on any atom is -0.550 e. The lowest BCUT2D eigenvalue weighted by Crippen LogP contribution is -2.27. The highest BCUT2D eigenvalue weighted by molar-refractivity contribution is 5.65. The quantitative estimate of drug-likeness (QED) is 0.409. The predicted molar refractivity (Wildman–Crippen MR) is 66.0 cm³/mol. The van der Waals surface area contributed by atoms with Gasteiger partial charge in [0.05, 0.1) is 6.61 Å². The highest BCUT2D eigenvalue weighted by Crippen LogP contribution is 2.07. The molecule has 0 aliphatic heterocycles. The summed E-state index contributed by atoms with van der Waals surface area (Å²) in [5.41, 5.74) is 7.72. The zero-order valence-corrected chi connectivity index (χ0v) is 10.6. The fourth-order valence-electron chi connectivity index (χ4n) is 1.66. The van der Waals surface area contributed by atoms with Crippen LogP contribution >= 0.6 is 0 Å². The molecule has 1 unspecified atom stereocenters. The summed E-state index contributed by atoms with van der Waals surface area (Å²) >= 11 is 0. The molecule has 0 bridgehead atoms. The first-order valence-electron chi connectivity index (χ1n) is 6.10. The fourth-order valence-corrected chi connectivity index (χ4v) is 1.66.